The molecule has 42 heavy (non-hydrogen) atoms. The molecule has 0 saturated carbocycles. The highest BCUT2D eigenvalue weighted by Crippen LogP contribution is 2.63. The van der Waals surface area contributed by atoms with Crippen LogP contribution in [-0.4, -0.2) is 74.4 Å². The van der Waals surface area contributed by atoms with Gasteiger partial charge in [0.2, 0.25) is 5.79 Å². The second-order valence-corrected chi connectivity index (χ2v) is 14.9. The molecule has 4 saturated heterocycles. The van der Waals surface area contributed by atoms with Crippen molar-refractivity contribution in [3.8, 4) is 0 Å². The molecule has 0 amide bonds. The van der Waals surface area contributed by atoms with E-state index in [1.807, 2.05) is 27.7 Å². The Morgan fingerprint density at radius 1 is 0.952 bits per heavy atom. The first kappa shape index (κ1) is 34.3. The Bertz CT molecular complexity index is 971. The van der Waals surface area contributed by atoms with Crippen LogP contribution in [0.5, 0.6) is 0 Å². The number of aliphatic hydroxyl groups is 3. The molecule has 0 aliphatic carbocycles. The van der Waals surface area contributed by atoms with Crippen LogP contribution in [0.3, 0.4) is 0 Å². The van der Waals surface area contributed by atoms with Gasteiger partial charge in [0.1, 0.15) is 11.4 Å². The average Bonchev–Trinajstić information content (AvgIpc) is 3.56. The molecular weight excluding hydrogens is 536 g/mol. The lowest BCUT2D eigenvalue weighted by Gasteiger charge is -2.50. The number of aliphatic hydroxyl groups excluding tert-OH is 2. The van der Waals surface area contributed by atoms with Crippen molar-refractivity contribution in [3.63, 3.8) is 0 Å². The zero-order valence-corrected chi connectivity index (χ0v) is 28.1. The highest BCUT2D eigenvalue weighted by molar-refractivity contribution is 5.84. The van der Waals surface area contributed by atoms with Gasteiger partial charge >= 0.3 is 0 Å². The van der Waals surface area contributed by atoms with Crippen molar-refractivity contribution in [2.45, 2.75) is 168 Å². The van der Waals surface area contributed by atoms with Crippen LogP contribution < -0.4 is 0 Å². The molecule has 4 heterocycles. The number of ether oxygens (including phenoxy) is 4. The van der Waals surface area contributed by atoms with Crippen LogP contribution in [0.2, 0.25) is 0 Å². The molecule has 0 radical (unpaired) electrons. The van der Waals surface area contributed by atoms with Gasteiger partial charge in [-0.2, -0.15) is 0 Å². The maximum absolute atomic E-state index is 14.1. The van der Waals surface area contributed by atoms with E-state index >= 15 is 0 Å². The minimum Gasteiger partial charge on any atom is -0.392 e. The third-order valence-corrected chi connectivity index (χ3v) is 12.1. The second kappa shape index (κ2) is 12.0. The molecule has 3 N–H and O–H groups in total. The lowest BCUT2D eigenvalue weighted by atomic mass is 9.72. The maximum atomic E-state index is 14.1. The summed E-state index contributed by atoms with van der Waals surface area (Å²) in [7, 11) is 0. The molecule has 4 aliphatic heterocycles. The molecule has 8 nitrogen and oxygen atoms in total. The minimum absolute atomic E-state index is 0.0280. The zero-order valence-electron chi connectivity index (χ0n) is 28.1. The van der Waals surface area contributed by atoms with Gasteiger partial charge in [-0.3, -0.25) is 4.79 Å². The van der Waals surface area contributed by atoms with E-state index in [2.05, 4.69) is 34.6 Å². The Morgan fingerprint density at radius 2 is 1.60 bits per heavy atom. The quantitative estimate of drug-likeness (QED) is 0.297. The number of ketones is 1. The summed E-state index contributed by atoms with van der Waals surface area (Å²) in [4.78, 5) is 14.1. The zero-order chi connectivity index (χ0) is 31.6. The number of carbonyl (C=O) groups excluding carboxylic acids is 1. The largest absolute Gasteiger partial charge is 0.392 e. The summed E-state index contributed by atoms with van der Waals surface area (Å²) < 4.78 is 26.7. The topological polar surface area (TPSA) is 115 Å². The van der Waals surface area contributed by atoms with Crippen molar-refractivity contribution in [3.05, 3.63) is 0 Å². The summed E-state index contributed by atoms with van der Waals surface area (Å²) >= 11 is 0. The predicted octanol–water partition coefficient (Wildman–Crippen LogP) is 5.24. The fourth-order valence-electron chi connectivity index (χ4n) is 9.61. The molecule has 8 heteroatoms. The van der Waals surface area contributed by atoms with Gasteiger partial charge in [0.05, 0.1) is 36.1 Å². The molecule has 4 rings (SSSR count). The van der Waals surface area contributed by atoms with Crippen molar-refractivity contribution >= 4 is 5.78 Å². The summed E-state index contributed by atoms with van der Waals surface area (Å²) in [6.07, 6.45) is 1.96. The first-order valence-corrected chi connectivity index (χ1v) is 16.8. The number of hydrogen-bond donors (Lipinski definition) is 3. The number of rotatable bonds is 11. The third-order valence-electron chi connectivity index (χ3n) is 12.1. The van der Waals surface area contributed by atoms with Gasteiger partial charge in [-0.05, 0) is 58.3 Å². The number of Topliss-reactive ketones (excluding diaryl/α,β-unsaturated/α-hetero) is 1. The second-order valence-electron chi connectivity index (χ2n) is 14.9. The molecule has 16 atom stereocenters. The van der Waals surface area contributed by atoms with Gasteiger partial charge in [0.25, 0.3) is 0 Å². The van der Waals surface area contributed by atoms with Crippen molar-refractivity contribution in [2.24, 2.45) is 41.4 Å². The van der Waals surface area contributed by atoms with Crippen LogP contribution in [-0.2, 0) is 23.7 Å². The van der Waals surface area contributed by atoms with Gasteiger partial charge in [-0.25, -0.2) is 0 Å². The third kappa shape index (κ3) is 5.13. The van der Waals surface area contributed by atoms with Crippen LogP contribution in [0.4, 0.5) is 0 Å². The first-order chi connectivity index (χ1) is 19.5. The Kier molecular flexibility index (Phi) is 9.76. The summed E-state index contributed by atoms with van der Waals surface area (Å²) in [5.41, 5.74) is -0.979. The lowest BCUT2D eigenvalue weighted by molar-refractivity contribution is -0.323. The van der Waals surface area contributed by atoms with E-state index < -0.39 is 59.2 Å². The van der Waals surface area contributed by atoms with Gasteiger partial charge in [0.15, 0.2) is 5.79 Å². The van der Waals surface area contributed by atoms with Gasteiger partial charge in [-0.1, -0.05) is 62.3 Å². The Morgan fingerprint density at radius 3 is 2.14 bits per heavy atom. The summed E-state index contributed by atoms with van der Waals surface area (Å²) in [5.74, 6) is -4.36. The molecular formula is C34H60O8. The van der Waals surface area contributed by atoms with Gasteiger partial charge in [-0.15, -0.1) is 0 Å². The van der Waals surface area contributed by atoms with Crippen LogP contribution in [0.1, 0.15) is 115 Å². The molecule has 0 spiro atoms. The predicted molar refractivity (Wildman–Crippen MR) is 160 cm³/mol. The molecule has 4 aliphatic rings. The van der Waals surface area contributed by atoms with Gasteiger partial charge in [0, 0.05) is 35.5 Å². The van der Waals surface area contributed by atoms with E-state index in [0.29, 0.717) is 12.8 Å². The van der Waals surface area contributed by atoms with Crippen molar-refractivity contribution in [1.29, 1.82) is 0 Å². The molecule has 0 unspecified atom stereocenters. The lowest BCUT2D eigenvalue weighted by Crippen LogP contribution is -2.59. The van der Waals surface area contributed by atoms with E-state index in [1.165, 1.54) is 0 Å². The molecule has 2 bridgehead atoms. The fourth-order valence-corrected chi connectivity index (χ4v) is 9.61. The van der Waals surface area contributed by atoms with Crippen LogP contribution >= 0.6 is 0 Å². The van der Waals surface area contributed by atoms with E-state index in [-0.39, 0.29) is 41.3 Å². The normalized spacial score (nSPS) is 50.0. The SMILES string of the molecule is CC[C@H](C(=O)[C@H](C)[C@H](O)[C@H](C)[C@@H]1O[C@](C)(O)[C@@H](CC)[C@H](O)[C@H]1C)[C@@H]1O[C@](C)([C@]23O[C@@H](CC)[C@](CC)(C[C@H]2C)O3)C[C@H]1C. The fraction of sp³-hybridized carbons (Fsp3) is 0.971. The molecule has 0 aromatic heterocycles. The summed E-state index contributed by atoms with van der Waals surface area (Å²) in [6.45, 7) is 21.8. The Hall–Kier alpha value is -0.610. The minimum atomic E-state index is -1.51. The molecule has 4 fully saturated rings. The van der Waals surface area contributed by atoms with E-state index in [0.717, 1.165) is 25.7 Å². The molecule has 244 valence electrons. The monoisotopic (exact) mass is 596 g/mol. The standard InChI is InChI=1S/C34H60O8/c1-12-23(27(36)20(7)26(35)21(8)30-22(9)28(37)24(13-2)32(11,38)41-30)29-18(5)16-31(10,40-29)34-19(6)17-33(15-4,42-34)25(14-3)39-34/h18-26,28-30,35,37-38H,12-17H2,1-11H3/t18-,19-,20-,21+,22-,23-,24+,25+,26+,28-,29-,30+,31+,32+,33+,34+/m1/s1. The number of hydrogen-bond acceptors (Lipinski definition) is 8. The Labute approximate surface area is 254 Å². The molecule has 0 aromatic rings. The van der Waals surface area contributed by atoms with Crippen LogP contribution in [0.25, 0.3) is 0 Å². The van der Waals surface area contributed by atoms with Crippen molar-refractivity contribution < 1.29 is 39.1 Å². The molecule has 0 aromatic carbocycles. The summed E-state index contributed by atoms with van der Waals surface area (Å²) in [6, 6.07) is 0. The first-order valence-electron chi connectivity index (χ1n) is 16.8. The number of carbonyl (C=O) groups is 1. The van der Waals surface area contributed by atoms with Gasteiger partial charge < -0.3 is 34.3 Å². The highest BCUT2D eigenvalue weighted by Gasteiger charge is 2.73. The highest BCUT2D eigenvalue weighted by atomic mass is 16.8. The van der Waals surface area contributed by atoms with Crippen molar-refractivity contribution in [1.82, 2.24) is 0 Å². The average molecular weight is 597 g/mol. The van der Waals surface area contributed by atoms with E-state index in [4.69, 9.17) is 18.9 Å². The number of fused-ring (bicyclic) bond motifs is 2. The summed E-state index contributed by atoms with van der Waals surface area (Å²) in [5, 5.41) is 33.5. The smallest absolute Gasteiger partial charge is 0.201 e. The van der Waals surface area contributed by atoms with E-state index in [9.17, 15) is 20.1 Å². The van der Waals surface area contributed by atoms with Crippen molar-refractivity contribution in [2.75, 3.05) is 0 Å². The Balaban J connectivity index is 1.51. The maximum Gasteiger partial charge on any atom is 0.201 e. The van der Waals surface area contributed by atoms with Crippen LogP contribution in [0.15, 0.2) is 0 Å². The van der Waals surface area contributed by atoms with Crippen LogP contribution in [0, 0.1) is 41.4 Å². The van der Waals surface area contributed by atoms with E-state index in [1.54, 1.807) is 13.8 Å².